The second-order valence-electron chi connectivity index (χ2n) is 6.81. The number of nitrogens with zero attached hydrogens (tertiary/aromatic N) is 1. The first-order valence-electron chi connectivity index (χ1n) is 9.74. The van der Waals surface area contributed by atoms with Gasteiger partial charge in [0.2, 0.25) is 5.75 Å². The van der Waals surface area contributed by atoms with Crippen LogP contribution in [0.5, 0.6) is 23.0 Å². The number of benzene rings is 2. The van der Waals surface area contributed by atoms with E-state index in [9.17, 15) is 9.59 Å². The number of aromatic nitrogens is 1. The summed E-state index contributed by atoms with van der Waals surface area (Å²) >= 11 is 0. The van der Waals surface area contributed by atoms with Crippen LogP contribution in [0.1, 0.15) is 22.8 Å². The van der Waals surface area contributed by atoms with Gasteiger partial charge in [0.15, 0.2) is 11.5 Å². The largest absolute Gasteiger partial charge is 0.497 e. The van der Waals surface area contributed by atoms with E-state index in [2.05, 4.69) is 4.98 Å². The zero-order valence-corrected chi connectivity index (χ0v) is 18.3. The van der Waals surface area contributed by atoms with E-state index in [1.807, 2.05) is 13.0 Å². The lowest BCUT2D eigenvalue weighted by molar-refractivity contribution is 0.0751. The van der Waals surface area contributed by atoms with Crippen molar-refractivity contribution in [3.63, 3.8) is 0 Å². The number of H-pyrrole nitrogens is 1. The summed E-state index contributed by atoms with van der Waals surface area (Å²) in [6, 6.07) is 10.4. The summed E-state index contributed by atoms with van der Waals surface area (Å²) in [5.74, 6) is 1.61. The van der Waals surface area contributed by atoms with Crippen LogP contribution in [0.25, 0.3) is 10.9 Å². The monoisotopic (exact) mass is 426 g/mol. The molecule has 0 spiro atoms. The van der Waals surface area contributed by atoms with Gasteiger partial charge in [-0.3, -0.25) is 9.59 Å². The molecule has 0 aliphatic rings. The van der Waals surface area contributed by atoms with E-state index < -0.39 is 0 Å². The first kappa shape index (κ1) is 22.0. The summed E-state index contributed by atoms with van der Waals surface area (Å²) in [6.07, 6.45) is 0. The van der Waals surface area contributed by atoms with Crippen molar-refractivity contribution < 1.29 is 23.7 Å². The zero-order chi connectivity index (χ0) is 22.5. The molecule has 164 valence electrons. The molecule has 0 aliphatic heterocycles. The third-order valence-corrected chi connectivity index (χ3v) is 5.07. The molecule has 3 rings (SSSR count). The summed E-state index contributed by atoms with van der Waals surface area (Å²) in [5.41, 5.74) is 1.31. The summed E-state index contributed by atoms with van der Waals surface area (Å²) in [7, 11) is 6.07. The average molecular weight is 426 g/mol. The third kappa shape index (κ3) is 4.42. The fraction of sp³-hybridized carbons (Fsp3) is 0.304. The van der Waals surface area contributed by atoms with Gasteiger partial charge in [-0.25, -0.2) is 0 Å². The normalized spacial score (nSPS) is 10.6. The molecule has 1 aromatic heterocycles. The molecule has 0 bridgehead atoms. The minimum Gasteiger partial charge on any atom is -0.497 e. The Labute approximate surface area is 180 Å². The maximum atomic E-state index is 13.2. The predicted molar refractivity (Wildman–Crippen MR) is 118 cm³/mol. The van der Waals surface area contributed by atoms with Crippen molar-refractivity contribution in [1.82, 2.24) is 9.88 Å². The first-order chi connectivity index (χ1) is 14.9. The van der Waals surface area contributed by atoms with Crippen molar-refractivity contribution in [3.8, 4) is 23.0 Å². The van der Waals surface area contributed by atoms with Crippen molar-refractivity contribution in [3.05, 3.63) is 57.9 Å². The van der Waals surface area contributed by atoms with Gasteiger partial charge in [-0.15, -0.1) is 0 Å². The molecule has 2 aromatic carbocycles. The van der Waals surface area contributed by atoms with Gasteiger partial charge in [0, 0.05) is 28.6 Å². The molecule has 1 N–H and O–H groups in total. The molecule has 0 aliphatic carbocycles. The molecule has 0 saturated heterocycles. The molecule has 1 heterocycles. The van der Waals surface area contributed by atoms with Gasteiger partial charge in [0.1, 0.15) is 5.75 Å². The van der Waals surface area contributed by atoms with Crippen molar-refractivity contribution in [2.75, 3.05) is 35.0 Å². The number of rotatable bonds is 8. The smallest absolute Gasteiger partial charge is 0.254 e. The number of methoxy groups -OCH3 is 4. The Bertz CT molecular complexity index is 1130. The van der Waals surface area contributed by atoms with Crippen molar-refractivity contribution in [1.29, 1.82) is 0 Å². The molecule has 0 saturated carbocycles. The summed E-state index contributed by atoms with van der Waals surface area (Å²) in [6.45, 7) is 2.41. The molecule has 0 atom stereocenters. The number of ether oxygens (including phenoxy) is 4. The van der Waals surface area contributed by atoms with E-state index in [0.29, 0.717) is 46.2 Å². The minimum atomic E-state index is -0.258. The van der Waals surface area contributed by atoms with Gasteiger partial charge in [0.25, 0.3) is 11.5 Å². The molecular weight excluding hydrogens is 400 g/mol. The van der Waals surface area contributed by atoms with E-state index in [1.54, 1.807) is 42.3 Å². The van der Waals surface area contributed by atoms with Crippen molar-refractivity contribution in [2.24, 2.45) is 0 Å². The van der Waals surface area contributed by atoms with Crippen molar-refractivity contribution in [2.45, 2.75) is 13.5 Å². The van der Waals surface area contributed by atoms with Crippen LogP contribution in [0.3, 0.4) is 0 Å². The maximum Gasteiger partial charge on any atom is 0.254 e. The van der Waals surface area contributed by atoms with E-state index >= 15 is 0 Å². The Balaban J connectivity index is 1.96. The number of pyridine rings is 1. The molecule has 8 nitrogen and oxygen atoms in total. The zero-order valence-electron chi connectivity index (χ0n) is 18.3. The van der Waals surface area contributed by atoms with Gasteiger partial charge < -0.3 is 28.8 Å². The van der Waals surface area contributed by atoms with Crippen LogP contribution in [0.15, 0.2) is 41.2 Å². The first-order valence-corrected chi connectivity index (χ1v) is 9.74. The van der Waals surface area contributed by atoms with Gasteiger partial charge in [-0.05, 0) is 43.3 Å². The van der Waals surface area contributed by atoms with Crippen LogP contribution in [-0.2, 0) is 6.54 Å². The quantitative estimate of drug-likeness (QED) is 0.595. The predicted octanol–water partition coefficient (Wildman–Crippen LogP) is 3.22. The Kier molecular flexibility index (Phi) is 6.69. The van der Waals surface area contributed by atoms with Crippen LogP contribution in [0.4, 0.5) is 0 Å². The van der Waals surface area contributed by atoms with Crippen LogP contribution in [0.2, 0.25) is 0 Å². The second kappa shape index (κ2) is 9.42. The van der Waals surface area contributed by atoms with Gasteiger partial charge in [-0.1, -0.05) is 0 Å². The molecule has 3 aromatic rings. The number of fused-ring (bicyclic) bond motifs is 1. The number of hydrogen-bond acceptors (Lipinski definition) is 6. The highest BCUT2D eigenvalue weighted by Crippen LogP contribution is 2.38. The standard InChI is InChI=1S/C23H26N2O6/c1-6-25(23(27)15-11-19(29-3)21(31-5)20(12-15)30-4)13-16-9-14-10-17(28-2)7-8-18(14)24-22(16)26/h7-12H,6,13H2,1-5H3,(H,24,26). The second-order valence-corrected chi connectivity index (χ2v) is 6.81. The van der Waals surface area contributed by atoms with Gasteiger partial charge in [0.05, 0.1) is 35.0 Å². The summed E-state index contributed by atoms with van der Waals surface area (Å²) < 4.78 is 21.3. The topological polar surface area (TPSA) is 90.1 Å². The number of carbonyl (C=O) groups excluding carboxylic acids is 1. The highest BCUT2D eigenvalue weighted by atomic mass is 16.5. The van der Waals surface area contributed by atoms with E-state index in [4.69, 9.17) is 18.9 Å². The number of amides is 1. The van der Waals surface area contributed by atoms with Crippen LogP contribution < -0.4 is 24.5 Å². The Morgan fingerprint density at radius 2 is 1.61 bits per heavy atom. The lowest BCUT2D eigenvalue weighted by Gasteiger charge is -2.22. The number of nitrogens with one attached hydrogen (secondary N) is 1. The highest BCUT2D eigenvalue weighted by molar-refractivity contribution is 5.95. The van der Waals surface area contributed by atoms with E-state index in [0.717, 1.165) is 5.39 Å². The third-order valence-electron chi connectivity index (χ3n) is 5.07. The van der Waals surface area contributed by atoms with E-state index in [-0.39, 0.29) is 18.0 Å². The van der Waals surface area contributed by atoms with Crippen LogP contribution in [-0.4, -0.2) is 50.8 Å². The summed E-state index contributed by atoms with van der Waals surface area (Å²) in [4.78, 5) is 30.3. The van der Waals surface area contributed by atoms with Gasteiger partial charge in [-0.2, -0.15) is 0 Å². The van der Waals surface area contributed by atoms with Crippen LogP contribution >= 0.6 is 0 Å². The number of carbonyl (C=O) groups is 1. The molecule has 1 amide bonds. The lowest BCUT2D eigenvalue weighted by atomic mass is 10.1. The highest BCUT2D eigenvalue weighted by Gasteiger charge is 2.21. The maximum absolute atomic E-state index is 13.2. The summed E-state index contributed by atoms with van der Waals surface area (Å²) in [5, 5.41) is 0.824. The Morgan fingerprint density at radius 3 is 2.16 bits per heavy atom. The number of aromatic amines is 1. The Hall–Kier alpha value is -3.68. The average Bonchev–Trinajstić information content (AvgIpc) is 2.80. The van der Waals surface area contributed by atoms with Crippen molar-refractivity contribution >= 4 is 16.8 Å². The fourth-order valence-corrected chi connectivity index (χ4v) is 3.39. The Morgan fingerprint density at radius 1 is 0.935 bits per heavy atom. The molecule has 31 heavy (non-hydrogen) atoms. The molecule has 0 radical (unpaired) electrons. The number of hydrogen-bond donors (Lipinski definition) is 1. The fourth-order valence-electron chi connectivity index (χ4n) is 3.39. The van der Waals surface area contributed by atoms with E-state index in [1.165, 1.54) is 21.3 Å². The SMILES string of the molecule is CCN(Cc1cc2cc(OC)ccc2[nH]c1=O)C(=O)c1cc(OC)c(OC)c(OC)c1. The molecule has 0 unspecified atom stereocenters. The molecular formula is C23H26N2O6. The lowest BCUT2D eigenvalue weighted by Crippen LogP contribution is -2.32. The molecule has 8 heteroatoms. The van der Waals surface area contributed by atoms with Gasteiger partial charge >= 0.3 is 0 Å². The molecule has 0 fully saturated rings. The minimum absolute atomic E-state index is 0.147. The van der Waals surface area contributed by atoms with Crippen LogP contribution in [0, 0.1) is 0 Å².